The van der Waals surface area contributed by atoms with Crippen LogP contribution >= 0.6 is 0 Å². The molecule has 3 heteroatoms. The van der Waals surface area contributed by atoms with E-state index in [-0.39, 0.29) is 17.9 Å². The molecule has 2 aromatic carbocycles. The van der Waals surface area contributed by atoms with Gasteiger partial charge in [-0.25, -0.2) is 0 Å². The summed E-state index contributed by atoms with van der Waals surface area (Å²) in [4.78, 5) is 14.0. The first-order valence-electron chi connectivity index (χ1n) is 7.41. The quantitative estimate of drug-likeness (QED) is 0.803. The van der Waals surface area contributed by atoms with Crippen LogP contribution in [0, 0.1) is 5.92 Å². The highest BCUT2D eigenvalue weighted by Gasteiger charge is 2.43. The molecule has 0 aromatic heterocycles. The van der Waals surface area contributed by atoms with Crippen LogP contribution in [0.2, 0.25) is 0 Å². The maximum Gasteiger partial charge on any atom is 0.232 e. The van der Waals surface area contributed by atoms with Gasteiger partial charge in [0.2, 0.25) is 5.91 Å². The average Bonchev–Trinajstić information content (AvgIpc) is 2.59. The van der Waals surface area contributed by atoms with Crippen LogP contribution in [0.1, 0.15) is 12.5 Å². The molecule has 3 nitrogen and oxygen atoms in total. The molecule has 2 atom stereocenters. The van der Waals surface area contributed by atoms with E-state index in [1.807, 2.05) is 54.3 Å². The lowest BCUT2D eigenvalue weighted by Gasteiger charge is -2.44. The van der Waals surface area contributed by atoms with Gasteiger partial charge in [0.15, 0.2) is 0 Å². The van der Waals surface area contributed by atoms with Crippen molar-refractivity contribution in [1.29, 1.82) is 0 Å². The molecule has 3 rings (SSSR count). The number of hydrogen-bond acceptors (Lipinski definition) is 2. The summed E-state index contributed by atoms with van der Waals surface area (Å²) in [6.45, 7) is 1.97. The van der Waals surface area contributed by atoms with E-state index in [1.54, 1.807) is 7.11 Å². The second kappa shape index (κ2) is 6.06. The fourth-order valence-corrected chi connectivity index (χ4v) is 2.72. The van der Waals surface area contributed by atoms with Crippen LogP contribution in [0.4, 0.5) is 5.69 Å². The summed E-state index contributed by atoms with van der Waals surface area (Å²) in [7, 11) is 1.64. The second-order valence-electron chi connectivity index (χ2n) is 5.46. The van der Waals surface area contributed by atoms with E-state index in [4.69, 9.17) is 4.74 Å². The van der Waals surface area contributed by atoms with Gasteiger partial charge >= 0.3 is 0 Å². The molecule has 1 saturated heterocycles. The Morgan fingerprint density at radius 1 is 1.05 bits per heavy atom. The summed E-state index contributed by atoms with van der Waals surface area (Å²) in [5, 5.41) is 0. The summed E-state index contributed by atoms with van der Waals surface area (Å²) in [5.41, 5.74) is 2.05. The molecular weight excluding hydrogens is 274 g/mol. The van der Waals surface area contributed by atoms with Crippen molar-refractivity contribution >= 4 is 17.7 Å². The Balaban J connectivity index is 1.80. The Hall–Kier alpha value is -2.55. The van der Waals surface area contributed by atoms with E-state index in [0.717, 1.165) is 17.0 Å². The minimum Gasteiger partial charge on any atom is -0.497 e. The molecule has 0 spiro atoms. The van der Waals surface area contributed by atoms with Gasteiger partial charge in [-0.15, -0.1) is 0 Å². The smallest absolute Gasteiger partial charge is 0.232 e. The van der Waals surface area contributed by atoms with Crippen LogP contribution in [0.3, 0.4) is 0 Å². The van der Waals surface area contributed by atoms with Crippen molar-refractivity contribution in [3.63, 3.8) is 0 Å². The number of benzene rings is 2. The summed E-state index contributed by atoms with van der Waals surface area (Å²) in [6.07, 6.45) is 4.18. The third kappa shape index (κ3) is 2.62. The van der Waals surface area contributed by atoms with Crippen molar-refractivity contribution in [3.05, 3.63) is 66.2 Å². The molecule has 2 aromatic rings. The van der Waals surface area contributed by atoms with Gasteiger partial charge in [0.05, 0.1) is 19.1 Å². The number of β-lactam (4-membered cyclic amide) rings is 1. The highest BCUT2D eigenvalue weighted by molar-refractivity contribution is 6.03. The van der Waals surface area contributed by atoms with Crippen LogP contribution in [-0.4, -0.2) is 19.1 Å². The van der Waals surface area contributed by atoms with Crippen LogP contribution in [0.25, 0.3) is 6.08 Å². The first kappa shape index (κ1) is 14.4. The summed E-state index contributed by atoms with van der Waals surface area (Å²) < 4.78 is 5.16. The van der Waals surface area contributed by atoms with Gasteiger partial charge in [-0.2, -0.15) is 0 Å². The monoisotopic (exact) mass is 293 g/mol. The molecule has 0 saturated carbocycles. The zero-order valence-corrected chi connectivity index (χ0v) is 12.8. The number of amides is 1. The van der Waals surface area contributed by atoms with Crippen LogP contribution in [-0.2, 0) is 4.79 Å². The van der Waals surface area contributed by atoms with E-state index < -0.39 is 0 Å². The van der Waals surface area contributed by atoms with E-state index in [1.165, 1.54) is 0 Å². The first-order chi connectivity index (χ1) is 10.7. The third-order valence-corrected chi connectivity index (χ3v) is 4.07. The standard InChI is InChI=1S/C19H19NO2/c1-14-18(13-8-15-6-4-3-5-7-15)20(19(14)21)16-9-11-17(22-2)12-10-16/h3-14,18H,1-2H3/b13-8+. The van der Waals surface area contributed by atoms with Crippen LogP contribution in [0.5, 0.6) is 5.75 Å². The Morgan fingerprint density at radius 2 is 1.73 bits per heavy atom. The van der Waals surface area contributed by atoms with Crippen molar-refractivity contribution in [3.8, 4) is 5.75 Å². The van der Waals surface area contributed by atoms with Gasteiger partial charge in [-0.1, -0.05) is 49.4 Å². The number of ether oxygens (including phenoxy) is 1. The first-order valence-corrected chi connectivity index (χ1v) is 7.41. The number of carbonyl (C=O) groups excluding carboxylic acids is 1. The SMILES string of the molecule is COc1ccc(N2C(=O)C(C)C2/C=C/c2ccccc2)cc1. The normalized spacial score (nSPS) is 21.0. The zero-order chi connectivity index (χ0) is 15.5. The zero-order valence-electron chi connectivity index (χ0n) is 12.8. The number of nitrogens with zero attached hydrogens (tertiary/aromatic N) is 1. The Kier molecular flexibility index (Phi) is 3.96. The second-order valence-corrected chi connectivity index (χ2v) is 5.46. The molecule has 0 aliphatic carbocycles. The Labute approximate surface area is 130 Å². The number of methoxy groups -OCH3 is 1. The fraction of sp³-hybridized carbons (Fsp3) is 0.211. The molecule has 22 heavy (non-hydrogen) atoms. The van der Waals surface area contributed by atoms with Gasteiger partial charge in [0, 0.05) is 5.69 Å². The van der Waals surface area contributed by atoms with Gasteiger partial charge < -0.3 is 9.64 Å². The van der Waals surface area contributed by atoms with E-state index in [9.17, 15) is 4.79 Å². The molecule has 1 amide bonds. The lowest BCUT2D eigenvalue weighted by atomic mass is 9.87. The lowest BCUT2D eigenvalue weighted by molar-refractivity contribution is -0.128. The van der Waals surface area contributed by atoms with Gasteiger partial charge in [0.1, 0.15) is 5.75 Å². The Bertz CT molecular complexity index is 676. The molecule has 1 aliphatic heterocycles. The van der Waals surface area contributed by atoms with Crippen molar-refractivity contribution in [2.45, 2.75) is 13.0 Å². The largest absolute Gasteiger partial charge is 0.497 e. The molecule has 112 valence electrons. The van der Waals surface area contributed by atoms with Gasteiger partial charge in [-0.05, 0) is 29.8 Å². The number of hydrogen-bond donors (Lipinski definition) is 0. The third-order valence-electron chi connectivity index (χ3n) is 4.07. The fourth-order valence-electron chi connectivity index (χ4n) is 2.72. The summed E-state index contributed by atoms with van der Waals surface area (Å²) in [6, 6.07) is 17.8. The molecular formula is C19H19NO2. The topological polar surface area (TPSA) is 29.5 Å². The van der Waals surface area contributed by atoms with Crippen molar-refractivity contribution < 1.29 is 9.53 Å². The summed E-state index contributed by atoms with van der Waals surface area (Å²) in [5.74, 6) is 0.969. The number of carbonyl (C=O) groups is 1. The maximum absolute atomic E-state index is 12.2. The molecule has 1 fully saturated rings. The van der Waals surface area contributed by atoms with Crippen molar-refractivity contribution in [1.82, 2.24) is 0 Å². The van der Waals surface area contributed by atoms with Gasteiger partial charge in [0.25, 0.3) is 0 Å². The molecule has 0 N–H and O–H groups in total. The predicted molar refractivity (Wildman–Crippen MR) is 88.9 cm³/mol. The number of anilines is 1. The lowest BCUT2D eigenvalue weighted by Crippen LogP contribution is -2.59. The Morgan fingerprint density at radius 3 is 2.36 bits per heavy atom. The molecule has 2 unspecified atom stereocenters. The maximum atomic E-state index is 12.2. The highest BCUT2D eigenvalue weighted by atomic mass is 16.5. The van der Waals surface area contributed by atoms with Gasteiger partial charge in [-0.3, -0.25) is 4.79 Å². The van der Waals surface area contributed by atoms with Crippen LogP contribution < -0.4 is 9.64 Å². The van der Waals surface area contributed by atoms with E-state index in [0.29, 0.717) is 0 Å². The van der Waals surface area contributed by atoms with E-state index >= 15 is 0 Å². The molecule has 0 bridgehead atoms. The molecule has 1 heterocycles. The number of rotatable bonds is 4. The highest BCUT2D eigenvalue weighted by Crippen LogP contribution is 2.34. The minimum absolute atomic E-state index is 0.0158. The molecule has 0 radical (unpaired) electrons. The van der Waals surface area contributed by atoms with Crippen LogP contribution in [0.15, 0.2) is 60.7 Å². The minimum atomic E-state index is 0.0158. The van der Waals surface area contributed by atoms with Crippen molar-refractivity contribution in [2.75, 3.05) is 12.0 Å². The van der Waals surface area contributed by atoms with Crippen molar-refractivity contribution in [2.24, 2.45) is 5.92 Å². The average molecular weight is 293 g/mol. The summed E-state index contributed by atoms with van der Waals surface area (Å²) >= 11 is 0. The molecule has 1 aliphatic rings. The predicted octanol–water partition coefficient (Wildman–Crippen LogP) is 3.76. The van der Waals surface area contributed by atoms with E-state index in [2.05, 4.69) is 24.3 Å².